The molecular formula is C24H28N4O3. The number of amides is 1. The van der Waals surface area contributed by atoms with Crippen LogP contribution < -0.4 is 9.57 Å². The largest absolute Gasteiger partial charge is 0.415 e. The van der Waals surface area contributed by atoms with E-state index >= 15 is 0 Å². The molecule has 0 unspecified atom stereocenters. The number of hydrogen-bond donors (Lipinski definition) is 0. The van der Waals surface area contributed by atoms with Gasteiger partial charge in [0, 0.05) is 25.0 Å². The van der Waals surface area contributed by atoms with Crippen LogP contribution in [0.15, 0.2) is 61.1 Å². The summed E-state index contributed by atoms with van der Waals surface area (Å²) in [6, 6.07) is 13.7. The van der Waals surface area contributed by atoms with Crippen molar-refractivity contribution in [2.45, 2.75) is 32.6 Å². The summed E-state index contributed by atoms with van der Waals surface area (Å²) in [5.41, 5.74) is 3.45. The van der Waals surface area contributed by atoms with Crippen molar-refractivity contribution in [3.63, 3.8) is 0 Å². The molecule has 0 saturated carbocycles. The summed E-state index contributed by atoms with van der Waals surface area (Å²) in [5.74, 6) is 0.988. The molecule has 1 amide bonds. The first-order chi connectivity index (χ1) is 15.2. The predicted octanol–water partition coefficient (Wildman–Crippen LogP) is 3.71. The van der Waals surface area contributed by atoms with Gasteiger partial charge in [-0.2, -0.15) is 0 Å². The second-order valence-corrected chi connectivity index (χ2v) is 7.97. The van der Waals surface area contributed by atoms with E-state index in [1.807, 2.05) is 43.5 Å². The van der Waals surface area contributed by atoms with Crippen LogP contribution in [0.2, 0.25) is 0 Å². The highest BCUT2D eigenvalue weighted by Crippen LogP contribution is 2.20. The number of carbonyl (C=O) groups is 1. The molecule has 4 rings (SSSR count). The molecule has 3 heterocycles. The summed E-state index contributed by atoms with van der Waals surface area (Å²) < 4.78 is 5.57. The highest BCUT2D eigenvalue weighted by molar-refractivity contribution is 5.70. The molecule has 0 bridgehead atoms. The molecule has 7 heteroatoms. The SMILES string of the molecule is Cc1ccc(CCc2ccc(OC(=O)N3CCC(COn4cccn4)CC3)cc2)nc1. The normalized spacial score (nSPS) is 14.4. The van der Waals surface area contributed by atoms with Crippen LogP contribution >= 0.6 is 0 Å². The fourth-order valence-corrected chi connectivity index (χ4v) is 3.60. The average Bonchev–Trinajstić information content (AvgIpc) is 3.32. The molecule has 1 aliphatic rings. The number of pyridine rings is 1. The number of hydrogen-bond acceptors (Lipinski definition) is 5. The lowest BCUT2D eigenvalue weighted by molar-refractivity contribution is 0.0366. The van der Waals surface area contributed by atoms with E-state index in [0.29, 0.717) is 31.4 Å². The zero-order valence-corrected chi connectivity index (χ0v) is 17.8. The molecule has 0 spiro atoms. The van der Waals surface area contributed by atoms with Crippen molar-refractivity contribution in [3.05, 3.63) is 77.9 Å². The highest BCUT2D eigenvalue weighted by atomic mass is 16.7. The lowest BCUT2D eigenvalue weighted by Crippen LogP contribution is -2.41. The number of ether oxygens (including phenoxy) is 1. The maximum absolute atomic E-state index is 12.5. The first kappa shape index (κ1) is 20.9. The van der Waals surface area contributed by atoms with Crippen LogP contribution in [-0.4, -0.2) is 45.6 Å². The Morgan fingerprint density at radius 2 is 1.90 bits per heavy atom. The van der Waals surface area contributed by atoms with Gasteiger partial charge >= 0.3 is 6.09 Å². The van der Waals surface area contributed by atoms with Crippen LogP contribution in [0, 0.1) is 12.8 Å². The van der Waals surface area contributed by atoms with Gasteiger partial charge in [0.05, 0.1) is 12.4 Å². The van der Waals surface area contributed by atoms with Gasteiger partial charge in [0.2, 0.25) is 0 Å². The zero-order valence-electron chi connectivity index (χ0n) is 17.8. The summed E-state index contributed by atoms with van der Waals surface area (Å²) in [5, 5.41) is 4.03. The predicted molar refractivity (Wildman–Crippen MR) is 117 cm³/mol. The first-order valence-electron chi connectivity index (χ1n) is 10.8. The maximum Gasteiger partial charge on any atom is 0.415 e. The summed E-state index contributed by atoms with van der Waals surface area (Å²) in [6.45, 7) is 3.99. The Bertz CT molecular complexity index is 948. The molecule has 0 radical (unpaired) electrons. The topological polar surface area (TPSA) is 69.5 Å². The van der Waals surface area contributed by atoms with Crippen molar-refractivity contribution in [1.82, 2.24) is 19.8 Å². The average molecular weight is 421 g/mol. The molecule has 0 atom stereocenters. The van der Waals surface area contributed by atoms with E-state index in [0.717, 1.165) is 31.4 Å². The second-order valence-electron chi connectivity index (χ2n) is 7.97. The molecule has 0 aliphatic carbocycles. The number of carbonyl (C=O) groups excluding carboxylic acids is 1. The number of likely N-dealkylation sites (tertiary alicyclic amines) is 1. The van der Waals surface area contributed by atoms with Crippen molar-refractivity contribution in [1.29, 1.82) is 0 Å². The van der Waals surface area contributed by atoms with Crippen LogP contribution in [0.3, 0.4) is 0 Å². The van der Waals surface area contributed by atoms with Gasteiger partial charge in [0.25, 0.3) is 0 Å². The summed E-state index contributed by atoms with van der Waals surface area (Å²) in [6.07, 6.45) is 8.64. The molecule has 0 N–H and O–H groups in total. The van der Waals surface area contributed by atoms with Crippen LogP contribution in [0.25, 0.3) is 0 Å². The standard InChI is InChI=1S/C24H28N4O3/c1-19-3-7-22(25-17-19)8-4-20-5-9-23(10-6-20)31-24(29)27-15-11-21(12-16-27)18-30-28-14-2-13-26-28/h2-3,5-7,9-10,13-14,17,21H,4,8,11-12,15-16,18H2,1H3. The lowest BCUT2D eigenvalue weighted by atomic mass is 9.98. The van der Waals surface area contributed by atoms with E-state index in [4.69, 9.17) is 9.57 Å². The third kappa shape index (κ3) is 6.07. The third-order valence-corrected chi connectivity index (χ3v) is 5.57. The Labute approximate surface area is 182 Å². The molecule has 2 aromatic heterocycles. The van der Waals surface area contributed by atoms with E-state index in [-0.39, 0.29) is 6.09 Å². The van der Waals surface area contributed by atoms with Gasteiger partial charge in [-0.05, 0) is 73.9 Å². The fraction of sp³-hybridized carbons (Fsp3) is 0.375. The van der Waals surface area contributed by atoms with Crippen LogP contribution in [0.4, 0.5) is 4.79 Å². The Morgan fingerprint density at radius 3 is 2.58 bits per heavy atom. The highest BCUT2D eigenvalue weighted by Gasteiger charge is 2.24. The minimum absolute atomic E-state index is 0.289. The van der Waals surface area contributed by atoms with E-state index in [1.54, 1.807) is 17.3 Å². The van der Waals surface area contributed by atoms with Crippen molar-refractivity contribution >= 4 is 6.09 Å². The number of aryl methyl sites for hydroxylation is 3. The van der Waals surface area contributed by atoms with E-state index in [1.165, 1.54) is 16.0 Å². The molecule has 1 aromatic carbocycles. The smallest absolute Gasteiger partial charge is 0.410 e. The van der Waals surface area contributed by atoms with Gasteiger partial charge < -0.3 is 14.5 Å². The Hall–Kier alpha value is -3.35. The lowest BCUT2D eigenvalue weighted by Gasteiger charge is -2.30. The Balaban J connectivity index is 1.19. The number of benzene rings is 1. The van der Waals surface area contributed by atoms with Crippen LogP contribution in [0.1, 0.15) is 29.7 Å². The van der Waals surface area contributed by atoms with Crippen molar-refractivity contribution < 1.29 is 14.4 Å². The molecule has 1 saturated heterocycles. The molecule has 3 aromatic rings. The minimum atomic E-state index is -0.289. The Morgan fingerprint density at radius 1 is 1.10 bits per heavy atom. The molecule has 1 fully saturated rings. The van der Waals surface area contributed by atoms with Crippen molar-refractivity contribution in [2.24, 2.45) is 5.92 Å². The van der Waals surface area contributed by atoms with E-state index in [9.17, 15) is 4.79 Å². The monoisotopic (exact) mass is 420 g/mol. The summed E-state index contributed by atoms with van der Waals surface area (Å²) in [4.78, 5) is 25.8. The third-order valence-electron chi connectivity index (χ3n) is 5.57. The van der Waals surface area contributed by atoms with Crippen LogP contribution in [0.5, 0.6) is 5.75 Å². The van der Waals surface area contributed by atoms with Gasteiger partial charge in [-0.1, -0.05) is 18.2 Å². The number of piperidine rings is 1. The quantitative estimate of drug-likeness (QED) is 0.583. The minimum Gasteiger partial charge on any atom is -0.410 e. The van der Waals surface area contributed by atoms with Gasteiger partial charge in [-0.3, -0.25) is 4.98 Å². The van der Waals surface area contributed by atoms with Gasteiger partial charge in [-0.15, -0.1) is 9.94 Å². The summed E-state index contributed by atoms with van der Waals surface area (Å²) >= 11 is 0. The Kier molecular flexibility index (Phi) is 6.82. The van der Waals surface area contributed by atoms with Gasteiger partial charge in [0.1, 0.15) is 12.4 Å². The number of rotatable bonds is 7. The number of nitrogens with zero attached hydrogens (tertiary/aromatic N) is 4. The van der Waals surface area contributed by atoms with Crippen LogP contribution in [-0.2, 0) is 12.8 Å². The summed E-state index contributed by atoms with van der Waals surface area (Å²) in [7, 11) is 0. The maximum atomic E-state index is 12.5. The molecule has 1 aliphatic heterocycles. The molecular weight excluding hydrogens is 392 g/mol. The first-order valence-corrected chi connectivity index (χ1v) is 10.8. The second kappa shape index (κ2) is 10.1. The van der Waals surface area contributed by atoms with E-state index in [2.05, 4.69) is 22.2 Å². The zero-order chi connectivity index (χ0) is 21.5. The fourth-order valence-electron chi connectivity index (χ4n) is 3.60. The van der Waals surface area contributed by atoms with Gasteiger partial charge in [-0.25, -0.2) is 4.79 Å². The van der Waals surface area contributed by atoms with Gasteiger partial charge in [0.15, 0.2) is 0 Å². The molecule has 31 heavy (non-hydrogen) atoms. The molecule has 162 valence electrons. The van der Waals surface area contributed by atoms with Crippen molar-refractivity contribution in [2.75, 3.05) is 19.7 Å². The van der Waals surface area contributed by atoms with Crippen molar-refractivity contribution in [3.8, 4) is 5.75 Å². The molecule has 7 nitrogen and oxygen atoms in total. The van der Waals surface area contributed by atoms with E-state index < -0.39 is 0 Å². The number of aromatic nitrogens is 3.